The van der Waals surface area contributed by atoms with Gasteiger partial charge in [-0.05, 0) is 57.5 Å². The van der Waals surface area contributed by atoms with Crippen LogP contribution in [0.15, 0.2) is 42.5 Å². The van der Waals surface area contributed by atoms with Crippen molar-refractivity contribution in [1.82, 2.24) is 0 Å². The van der Waals surface area contributed by atoms with Crippen LogP contribution in [0, 0.1) is 12.3 Å². The molecule has 0 saturated heterocycles. The first-order valence-corrected chi connectivity index (χ1v) is 9.88. The highest BCUT2D eigenvalue weighted by atomic mass is 16.5. The Morgan fingerprint density at radius 2 is 1.93 bits per heavy atom. The first-order chi connectivity index (χ1) is 13.8. The third-order valence-electron chi connectivity index (χ3n) is 4.78. The standard InChI is InChI=1S/C23H28N2O4/c1-5-12-25-19-13-17(8-11-20(19)29-15-23(3,4)22(25)27)24-21(26)14-28-18-9-6-16(2)7-10-18/h6-11,13H,5,12,14-15H2,1-4H3,(H,24,26). The second-order valence-electron chi connectivity index (χ2n) is 7.96. The number of amides is 2. The number of aryl methyl sites for hydroxylation is 1. The minimum absolute atomic E-state index is 0.0179. The summed E-state index contributed by atoms with van der Waals surface area (Å²) >= 11 is 0. The van der Waals surface area contributed by atoms with Gasteiger partial charge in [-0.2, -0.15) is 0 Å². The molecule has 0 unspecified atom stereocenters. The summed E-state index contributed by atoms with van der Waals surface area (Å²) in [6.45, 7) is 8.60. The third-order valence-corrected chi connectivity index (χ3v) is 4.78. The van der Waals surface area contributed by atoms with E-state index in [-0.39, 0.29) is 18.4 Å². The normalized spacial score (nSPS) is 15.2. The van der Waals surface area contributed by atoms with Gasteiger partial charge >= 0.3 is 0 Å². The molecule has 1 aliphatic rings. The van der Waals surface area contributed by atoms with Crippen molar-refractivity contribution in [2.75, 3.05) is 30.0 Å². The van der Waals surface area contributed by atoms with E-state index in [2.05, 4.69) is 5.32 Å². The molecular formula is C23H28N2O4. The molecule has 0 saturated carbocycles. The molecule has 0 bridgehead atoms. The van der Waals surface area contributed by atoms with Crippen LogP contribution in [0.2, 0.25) is 0 Å². The summed E-state index contributed by atoms with van der Waals surface area (Å²) in [5.41, 5.74) is 1.79. The Bertz CT molecular complexity index is 890. The van der Waals surface area contributed by atoms with E-state index in [1.54, 1.807) is 23.1 Å². The summed E-state index contributed by atoms with van der Waals surface area (Å²) in [4.78, 5) is 27.0. The molecule has 1 aliphatic heterocycles. The molecule has 29 heavy (non-hydrogen) atoms. The quantitative estimate of drug-likeness (QED) is 0.796. The van der Waals surface area contributed by atoms with Gasteiger partial charge in [-0.1, -0.05) is 24.6 Å². The maximum Gasteiger partial charge on any atom is 0.262 e. The average Bonchev–Trinajstić information content (AvgIpc) is 2.78. The van der Waals surface area contributed by atoms with Crippen LogP contribution in [0.25, 0.3) is 0 Å². The summed E-state index contributed by atoms with van der Waals surface area (Å²) in [7, 11) is 0. The molecule has 0 spiro atoms. The van der Waals surface area contributed by atoms with Crippen LogP contribution >= 0.6 is 0 Å². The third kappa shape index (κ3) is 4.88. The monoisotopic (exact) mass is 396 g/mol. The van der Waals surface area contributed by atoms with Crippen LogP contribution in [0.5, 0.6) is 11.5 Å². The summed E-state index contributed by atoms with van der Waals surface area (Å²) < 4.78 is 11.4. The number of hydrogen-bond acceptors (Lipinski definition) is 4. The predicted octanol–water partition coefficient (Wildman–Crippen LogP) is 4.17. The van der Waals surface area contributed by atoms with Crippen LogP contribution in [0.3, 0.4) is 0 Å². The van der Waals surface area contributed by atoms with Crippen molar-refractivity contribution in [3.8, 4) is 11.5 Å². The highest BCUT2D eigenvalue weighted by Crippen LogP contribution is 2.38. The number of ether oxygens (including phenoxy) is 2. The van der Waals surface area contributed by atoms with Crippen molar-refractivity contribution >= 4 is 23.2 Å². The molecule has 0 aliphatic carbocycles. The van der Waals surface area contributed by atoms with Crippen molar-refractivity contribution in [1.29, 1.82) is 0 Å². The smallest absolute Gasteiger partial charge is 0.262 e. The van der Waals surface area contributed by atoms with Crippen LogP contribution in [-0.4, -0.2) is 31.6 Å². The zero-order valence-corrected chi connectivity index (χ0v) is 17.5. The minimum atomic E-state index is -0.612. The fourth-order valence-corrected chi connectivity index (χ4v) is 3.15. The van der Waals surface area contributed by atoms with Crippen LogP contribution in [0.1, 0.15) is 32.8 Å². The van der Waals surface area contributed by atoms with Gasteiger partial charge in [-0.3, -0.25) is 9.59 Å². The second kappa shape index (κ2) is 8.55. The van der Waals surface area contributed by atoms with Gasteiger partial charge in [0, 0.05) is 12.2 Å². The number of nitrogens with zero attached hydrogens (tertiary/aromatic N) is 1. The van der Waals surface area contributed by atoms with Gasteiger partial charge in [-0.15, -0.1) is 0 Å². The number of nitrogens with one attached hydrogen (secondary N) is 1. The number of anilines is 2. The Morgan fingerprint density at radius 1 is 1.21 bits per heavy atom. The van der Waals surface area contributed by atoms with E-state index in [4.69, 9.17) is 9.47 Å². The zero-order valence-electron chi connectivity index (χ0n) is 17.5. The number of carbonyl (C=O) groups excluding carboxylic acids is 2. The lowest BCUT2D eigenvalue weighted by Gasteiger charge is -2.27. The van der Waals surface area contributed by atoms with Crippen molar-refractivity contribution < 1.29 is 19.1 Å². The van der Waals surface area contributed by atoms with Gasteiger partial charge in [0.1, 0.15) is 18.1 Å². The molecule has 6 nitrogen and oxygen atoms in total. The Labute approximate surface area is 171 Å². The molecule has 2 amide bonds. The molecule has 154 valence electrons. The van der Waals surface area contributed by atoms with Crippen molar-refractivity contribution in [3.63, 3.8) is 0 Å². The number of carbonyl (C=O) groups is 2. The Kier molecular flexibility index (Phi) is 6.11. The molecule has 2 aromatic carbocycles. The van der Waals surface area contributed by atoms with Gasteiger partial charge in [0.05, 0.1) is 11.1 Å². The first-order valence-electron chi connectivity index (χ1n) is 9.88. The van der Waals surface area contributed by atoms with Crippen molar-refractivity contribution in [3.05, 3.63) is 48.0 Å². The maximum absolute atomic E-state index is 13.0. The summed E-state index contributed by atoms with van der Waals surface area (Å²) in [5.74, 6) is 1.03. The molecule has 0 atom stereocenters. The average molecular weight is 396 g/mol. The number of benzene rings is 2. The van der Waals surface area contributed by atoms with Crippen LogP contribution in [0.4, 0.5) is 11.4 Å². The summed E-state index contributed by atoms with van der Waals surface area (Å²) in [6.07, 6.45) is 0.822. The Balaban J connectivity index is 1.73. The molecule has 0 fully saturated rings. The van der Waals surface area contributed by atoms with Crippen molar-refractivity contribution in [2.45, 2.75) is 34.1 Å². The molecule has 1 N–H and O–H groups in total. The summed E-state index contributed by atoms with van der Waals surface area (Å²) in [5, 5.41) is 2.83. The van der Waals surface area contributed by atoms with E-state index in [0.29, 0.717) is 36.0 Å². The highest BCUT2D eigenvalue weighted by Gasteiger charge is 2.37. The molecular weight excluding hydrogens is 368 g/mol. The fraction of sp³-hybridized carbons (Fsp3) is 0.391. The van der Waals surface area contributed by atoms with E-state index in [9.17, 15) is 9.59 Å². The number of rotatable bonds is 6. The van der Waals surface area contributed by atoms with Gasteiger partial charge in [0.15, 0.2) is 6.61 Å². The van der Waals surface area contributed by atoms with E-state index >= 15 is 0 Å². The van der Waals surface area contributed by atoms with E-state index < -0.39 is 5.41 Å². The molecule has 1 heterocycles. The Morgan fingerprint density at radius 3 is 2.62 bits per heavy atom. The van der Waals surface area contributed by atoms with Gasteiger partial charge in [0.2, 0.25) is 5.91 Å². The topological polar surface area (TPSA) is 67.9 Å². The van der Waals surface area contributed by atoms with E-state index in [0.717, 1.165) is 12.0 Å². The lowest BCUT2D eigenvalue weighted by Crippen LogP contribution is -2.42. The van der Waals surface area contributed by atoms with Gasteiger partial charge in [0.25, 0.3) is 5.91 Å². The molecule has 6 heteroatoms. The lowest BCUT2D eigenvalue weighted by atomic mass is 9.93. The molecule has 0 radical (unpaired) electrons. The Hall–Kier alpha value is -3.02. The van der Waals surface area contributed by atoms with E-state index in [1.165, 1.54) is 0 Å². The second-order valence-corrected chi connectivity index (χ2v) is 7.96. The van der Waals surface area contributed by atoms with Crippen molar-refractivity contribution in [2.24, 2.45) is 5.41 Å². The predicted molar refractivity (Wildman–Crippen MR) is 114 cm³/mol. The fourth-order valence-electron chi connectivity index (χ4n) is 3.15. The molecule has 3 rings (SSSR count). The molecule has 0 aromatic heterocycles. The van der Waals surface area contributed by atoms with Gasteiger partial charge < -0.3 is 19.7 Å². The number of hydrogen-bond donors (Lipinski definition) is 1. The maximum atomic E-state index is 13.0. The SMILES string of the molecule is CCCN1C(=O)C(C)(C)COc2ccc(NC(=O)COc3ccc(C)cc3)cc21. The zero-order chi connectivity index (χ0) is 21.0. The first kappa shape index (κ1) is 20.7. The molecule has 2 aromatic rings. The largest absolute Gasteiger partial charge is 0.490 e. The highest BCUT2D eigenvalue weighted by molar-refractivity contribution is 6.00. The summed E-state index contributed by atoms with van der Waals surface area (Å²) in [6, 6.07) is 12.9. The van der Waals surface area contributed by atoms with Gasteiger partial charge in [-0.25, -0.2) is 0 Å². The minimum Gasteiger partial charge on any atom is -0.490 e. The number of fused-ring (bicyclic) bond motifs is 1. The van der Waals surface area contributed by atoms with Crippen LogP contribution < -0.4 is 19.7 Å². The van der Waals surface area contributed by atoms with Crippen LogP contribution in [-0.2, 0) is 9.59 Å². The van der Waals surface area contributed by atoms with E-state index in [1.807, 2.05) is 52.0 Å². The lowest BCUT2D eigenvalue weighted by molar-refractivity contribution is -0.127.